The molecule has 0 unspecified atom stereocenters. The standard InChI is InChI=1S/C11H17N5O2S/c1-19-11(10(12)15-18)2-4-16(5-3-11)9(17)8-6-13-14-7-8/h6-7,18H,2-5H2,1H3,(H2,12,15)(H,13,14). The molecule has 2 heterocycles. The summed E-state index contributed by atoms with van der Waals surface area (Å²) in [5.74, 6) is 0.193. The molecule has 0 aliphatic carbocycles. The highest BCUT2D eigenvalue weighted by atomic mass is 32.2. The van der Waals surface area contributed by atoms with Gasteiger partial charge in [0.2, 0.25) is 0 Å². The molecule has 7 nitrogen and oxygen atoms in total. The van der Waals surface area contributed by atoms with Crippen LogP contribution >= 0.6 is 11.8 Å². The van der Waals surface area contributed by atoms with Gasteiger partial charge in [-0.1, -0.05) is 5.16 Å². The highest BCUT2D eigenvalue weighted by Gasteiger charge is 2.39. The number of amidine groups is 1. The van der Waals surface area contributed by atoms with Gasteiger partial charge in [0.1, 0.15) is 0 Å². The van der Waals surface area contributed by atoms with Gasteiger partial charge in [-0.25, -0.2) is 0 Å². The number of hydrogen-bond donors (Lipinski definition) is 3. The van der Waals surface area contributed by atoms with Gasteiger partial charge in [-0.2, -0.15) is 16.9 Å². The van der Waals surface area contributed by atoms with Crippen LogP contribution in [-0.4, -0.2) is 56.1 Å². The summed E-state index contributed by atoms with van der Waals surface area (Å²) in [4.78, 5) is 13.9. The largest absolute Gasteiger partial charge is 0.409 e. The molecular weight excluding hydrogens is 266 g/mol. The minimum Gasteiger partial charge on any atom is -0.409 e. The molecule has 0 radical (unpaired) electrons. The number of hydrogen-bond acceptors (Lipinski definition) is 5. The first kappa shape index (κ1) is 13.7. The maximum atomic E-state index is 12.1. The lowest BCUT2D eigenvalue weighted by atomic mass is 9.94. The Morgan fingerprint density at radius 3 is 2.79 bits per heavy atom. The molecule has 8 heteroatoms. The van der Waals surface area contributed by atoms with Crippen LogP contribution in [0.4, 0.5) is 0 Å². The third-order valence-corrected chi connectivity index (χ3v) is 4.97. The van der Waals surface area contributed by atoms with E-state index in [1.165, 1.54) is 6.20 Å². The average molecular weight is 283 g/mol. The topological polar surface area (TPSA) is 108 Å². The normalized spacial score (nSPS) is 19.4. The first-order valence-corrected chi connectivity index (χ1v) is 7.16. The molecule has 1 aliphatic heterocycles. The van der Waals surface area contributed by atoms with Crippen molar-refractivity contribution in [2.24, 2.45) is 10.9 Å². The molecule has 0 aromatic carbocycles. The van der Waals surface area contributed by atoms with Crippen molar-refractivity contribution in [1.82, 2.24) is 15.1 Å². The Kier molecular flexibility index (Phi) is 3.98. The Labute approximate surface area is 115 Å². The highest BCUT2D eigenvalue weighted by Crippen LogP contribution is 2.35. The van der Waals surface area contributed by atoms with Crippen LogP contribution < -0.4 is 5.73 Å². The van der Waals surface area contributed by atoms with Crippen LogP contribution in [0.2, 0.25) is 0 Å². The fourth-order valence-corrected chi connectivity index (χ4v) is 3.12. The van der Waals surface area contributed by atoms with E-state index in [-0.39, 0.29) is 16.5 Å². The number of nitrogens with one attached hydrogen (secondary N) is 1. The summed E-state index contributed by atoms with van der Waals surface area (Å²) in [5.41, 5.74) is 6.33. The number of piperidine rings is 1. The van der Waals surface area contributed by atoms with E-state index < -0.39 is 0 Å². The van der Waals surface area contributed by atoms with E-state index in [4.69, 9.17) is 10.9 Å². The second-order valence-electron chi connectivity index (χ2n) is 4.46. The number of oxime groups is 1. The number of amides is 1. The van der Waals surface area contributed by atoms with Gasteiger partial charge in [0.05, 0.1) is 16.5 Å². The smallest absolute Gasteiger partial charge is 0.257 e. The number of aromatic nitrogens is 2. The molecule has 2 rings (SSSR count). The van der Waals surface area contributed by atoms with Crippen molar-refractivity contribution in [3.05, 3.63) is 18.0 Å². The van der Waals surface area contributed by atoms with E-state index in [1.807, 2.05) is 6.26 Å². The number of nitrogens with zero attached hydrogens (tertiary/aromatic N) is 3. The summed E-state index contributed by atoms with van der Waals surface area (Å²) in [6.45, 7) is 1.17. The van der Waals surface area contributed by atoms with Gasteiger partial charge >= 0.3 is 0 Å². The Morgan fingerprint density at radius 2 is 2.32 bits per heavy atom. The molecule has 19 heavy (non-hydrogen) atoms. The first-order valence-electron chi connectivity index (χ1n) is 5.94. The summed E-state index contributed by atoms with van der Waals surface area (Å²) in [6, 6.07) is 0. The molecule has 0 spiro atoms. The molecule has 1 amide bonds. The highest BCUT2D eigenvalue weighted by molar-refractivity contribution is 8.00. The predicted octanol–water partition coefficient (Wildman–Crippen LogP) is 0.494. The number of nitrogens with two attached hydrogens (primary N) is 1. The fourth-order valence-electron chi connectivity index (χ4n) is 2.28. The van der Waals surface area contributed by atoms with Crippen molar-refractivity contribution in [2.75, 3.05) is 19.3 Å². The quantitative estimate of drug-likeness (QED) is 0.324. The number of carbonyl (C=O) groups excluding carboxylic acids is 1. The Bertz CT molecular complexity index is 465. The van der Waals surface area contributed by atoms with Crippen LogP contribution in [-0.2, 0) is 0 Å². The molecule has 0 atom stereocenters. The van der Waals surface area contributed by atoms with Crippen LogP contribution in [0.1, 0.15) is 23.2 Å². The van der Waals surface area contributed by atoms with E-state index in [9.17, 15) is 4.79 Å². The van der Waals surface area contributed by atoms with E-state index in [1.54, 1.807) is 22.9 Å². The van der Waals surface area contributed by atoms with Crippen molar-refractivity contribution >= 4 is 23.5 Å². The van der Waals surface area contributed by atoms with Crippen LogP contribution in [0.15, 0.2) is 17.5 Å². The monoisotopic (exact) mass is 283 g/mol. The fraction of sp³-hybridized carbons (Fsp3) is 0.545. The molecule has 4 N–H and O–H groups in total. The lowest BCUT2D eigenvalue weighted by Gasteiger charge is -2.39. The first-order chi connectivity index (χ1) is 9.13. The minimum atomic E-state index is -0.373. The van der Waals surface area contributed by atoms with E-state index >= 15 is 0 Å². The van der Waals surface area contributed by atoms with Gasteiger partial charge in [-0.15, -0.1) is 0 Å². The van der Waals surface area contributed by atoms with Crippen molar-refractivity contribution < 1.29 is 10.0 Å². The zero-order valence-electron chi connectivity index (χ0n) is 10.7. The van der Waals surface area contributed by atoms with E-state index in [0.29, 0.717) is 31.5 Å². The number of aromatic amines is 1. The predicted molar refractivity (Wildman–Crippen MR) is 73.4 cm³/mol. The molecular formula is C11H17N5O2S. The molecule has 1 aromatic rings. The molecule has 0 saturated carbocycles. The summed E-state index contributed by atoms with van der Waals surface area (Å²) in [7, 11) is 0. The van der Waals surface area contributed by atoms with E-state index in [0.717, 1.165) is 0 Å². The van der Waals surface area contributed by atoms with E-state index in [2.05, 4.69) is 15.4 Å². The summed E-state index contributed by atoms with van der Waals surface area (Å²) >= 11 is 1.56. The second kappa shape index (κ2) is 5.52. The van der Waals surface area contributed by atoms with Gasteiger partial charge in [0, 0.05) is 19.3 Å². The number of carbonyl (C=O) groups is 1. The maximum absolute atomic E-state index is 12.1. The Hall–Kier alpha value is -1.70. The van der Waals surface area contributed by atoms with Crippen molar-refractivity contribution in [2.45, 2.75) is 17.6 Å². The van der Waals surface area contributed by atoms with Gasteiger partial charge in [0.25, 0.3) is 5.91 Å². The molecule has 1 aromatic heterocycles. The second-order valence-corrected chi connectivity index (χ2v) is 5.65. The Morgan fingerprint density at radius 1 is 1.63 bits per heavy atom. The number of thioether (sulfide) groups is 1. The van der Waals surface area contributed by atoms with Crippen molar-refractivity contribution in [3.8, 4) is 0 Å². The van der Waals surface area contributed by atoms with Crippen LogP contribution in [0.5, 0.6) is 0 Å². The van der Waals surface area contributed by atoms with Gasteiger partial charge in [-0.3, -0.25) is 9.89 Å². The summed E-state index contributed by atoms with van der Waals surface area (Å²) < 4.78 is -0.373. The lowest BCUT2D eigenvalue weighted by Crippen LogP contribution is -2.51. The third kappa shape index (κ3) is 2.53. The Balaban J connectivity index is 2.04. The third-order valence-electron chi connectivity index (χ3n) is 3.57. The van der Waals surface area contributed by atoms with Crippen molar-refractivity contribution in [1.29, 1.82) is 0 Å². The lowest BCUT2D eigenvalue weighted by molar-refractivity contribution is 0.0718. The van der Waals surface area contributed by atoms with Gasteiger partial charge in [-0.05, 0) is 19.1 Å². The zero-order valence-corrected chi connectivity index (χ0v) is 11.5. The van der Waals surface area contributed by atoms with Gasteiger partial charge in [0.15, 0.2) is 5.84 Å². The molecule has 0 bridgehead atoms. The molecule has 104 valence electrons. The van der Waals surface area contributed by atoms with Gasteiger partial charge < -0.3 is 15.8 Å². The zero-order chi connectivity index (χ0) is 13.9. The summed E-state index contributed by atoms with van der Waals surface area (Å²) in [6.07, 6.45) is 6.39. The minimum absolute atomic E-state index is 0.0389. The SMILES string of the molecule is CSC1(C(N)=NO)CCN(C(=O)c2cn[nH]c2)CC1. The van der Waals surface area contributed by atoms with Crippen molar-refractivity contribution in [3.63, 3.8) is 0 Å². The number of rotatable bonds is 3. The maximum Gasteiger partial charge on any atom is 0.257 e. The molecule has 1 saturated heterocycles. The van der Waals surface area contributed by atoms with Crippen LogP contribution in [0, 0.1) is 0 Å². The molecule has 1 aliphatic rings. The van der Waals surface area contributed by atoms with Crippen LogP contribution in [0.3, 0.4) is 0 Å². The number of H-pyrrole nitrogens is 1. The number of likely N-dealkylation sites (tertiary alicyclic amines) is 1. The average Bonchev–Trinajstić information content (AvgIpc) is 3.00. The molecule has 1 fully saturated rings. The van der Waals surface area contributed by atoms with Crippen LogP contribution in [0.25, 0.3) is 0 Å². The summed E-state index contributed by atoms with van der Waals surface area (Å²) in [5, 5.41) is 18.4.